The van der Waals surface area contributed by atoms with Crippen LogP contribution in [0.4, 0.5) is 4.39 Å². The van der Waals surface area contributed by atoms with Gasteiger partial charge in [-0.1, -0.05) is 29.8 Å². The van der Waals surface area contributed by atoms with E-state index in [0.717, 1.165) is 6.20 Å². The highest BCUT2D eigenvalue weighted by Gasteiger charge is 2.04. The van der Waals surface area contributed by atoms with Crippen LogP contribution in [0.5, 0.6) is 5.75 Å². The van der Waals surface area contributed by atoms with Crippen LogP contribution in [0.2, 0.25) is 5.02 Å². The molecule has 0 atom stereocenters. The summed E-state index contributed by atoms with van der Waals surface area (Å²) in [7, 11) is 0. The molecule has 0 heterocycles. The van der Waals surface area contributed by atoms with Crippen LogP contribution in [0.15, 0.2) is 48.7 Å². The van der Waals surface area contributed by atoms with E-state index < -0.39 is 4.92 Å². The molecular formula is C15H11ClFNO3. The van der Waals surface area contributed by atoms with Gasteiger partial charge in [0.15, 0.2) is 0 Å². The molecule has 0 amide bonds. The molecule has 4 nitrogen and oxygen atoms in total. The van der Waals surface area contributed by atoms with Crippen molar-refractivity contribution in [2.45, 2.75) is 6.61 Å². The molecule has 2 aromatic rings. The molecule has 0 bridgehead atoms. The van der Waals surface area contributed by atoms with Crippen LogP contribution >= 0.6 is 11.6 Å². The molecule has 0 N–H and O–H groups in total. The number of benzene rings is 2. The van der Waals surface area contributed by atoms with Crippen molar-refractivity contribution < 1.29 is 14.1 Å². The van der Waals surface area contributed by atoms with E-state index in [1.807, 2.05) is 0 Å². The highest BCUT2D eigenvalue weighted by Crippen LogP contribution is 2.26. The average Bonchev–Trinajstić information content (AvgIpc) is 2.44. The predicted octanol–water partition coefficient (Wildman–Crippen LogP) is 4.31. The summed E-state index contributed by atoms with van der Waals surface area (Å²) < 4.78 is 18.5. The van der Waals surface area contributed by atoms with Crippen LogP contribution in [-0.4, -0.2) is 4.92 Å². The van der Waals surface area contributed by atoms with E-state index >= 15 is 0 Å². The molecule has 21 heavy (non-hydrogen) atoms. The molecule has 0 unspecified atom stereocenters. The van der Waals surface area contributed by atoms with E-state index in [4.69, 9.17) is 16.3 Å². The minimum atomic E-state index is -0.553. The number of ether oxygens (including phenoxy) is 1. The lowest BCUT2D eigenvalue weighted by Gasteiger charge is -2.08. The van der Waals surface area contributed by atoms with Gasteiger partial charge in [-0.2, -0.15) is 0 Å². The van der Waals surface area contributed by atoms with E-state index in [2.05, 4.69) is 0 Å². The van der Waals surface area contributed by atoms with Crippen molar-refractivity contribution in [2.24, 2.45) is 0 Å². The second-order valence-electron chi connectivity index (χ2n) is 4.21. The first-order valence-electron chi connectivity index (χ1n) is 6.03. The van der Waals surface area contributed by atoms with Crippen LogP contribution < -0.4 is 4.74 Å². The molecule has 0 radical (unpaired) electrons. The van der Waals surface area contributed by atoms with Crippen LogP contribution in [0.3, 0.4) is 0 Å². The summed E-state index contributed by atoms with van der Waals surface area (Å²) in [5.74, 6) is 0.0987. The molecule has 0 fully saturated rings. The third-order valence-corrected chi connectivity index (χ3v) is 2.92. The minimum Gasteiger partial charge on any atom is -0.487 e. The molecular weight excluding hydrogens is 297 g/mol. The van der Waals surface area contributed by atoms with Crippen molar-refractivity contribution in [3.63, 3.8) is 0 Å². The Morgan fingerprint density at radius 1 is 1.29 bits per heavy atom. The molecule has 108 valence electrons. The average molecular weight is 308 g/mol. The Balaban J connectivity index is 2.06. The molecule has 2 aromatic carbocycles. The highest BCUT2D eigenvalue weighted by atomic mass is 35.5. The van der Waals surface area contributed by atoms with E-state index in [0.29, 0.717) is 21.9 Å². The normalized spacial score (nSPS) is 10.8. The summed E-state index contributed by atoms with van der Waals surface area (Å²) in [5, 5.41) is 10.6. The van der Waals surface area contributed by atoms with Crippen molar-refractivity contribution in [3.8, 4) is 5.75 Å². The van der Waals surface area contributed by atoms with Crippen molar-refractivity contribution >= 4 is 17.7 Å². The zero-order valence-electron chi connectivity index (χ0n) is 10.8. The summed E-state index contributed by atoms with van der Waals surface area (Å²) in [5.41, 5.74) is 1.28. The maximum atomic E-state index is 13.0. The van der Waals surface area contributed by atoms with Crippen molar-refractivity contribution in [3.05, 3.63) is 80.7 Å². The largest absolute Gasteiger partial charge is 0.487 e. The van der Waals surface area contributed by atoms with E-state index in [9.17, 15) is 14.5 Å². The zero-order chi connectivity index (χ0) is 15.2. The first kappa shape index (κ1) is 15.0. The van der Waals surface area contributed by atoms with E-state index in [1.165, 1.54) is 18.2 Å². The summed E-state index contributed by atoms with van der Waals surface area (Å²) in [6.45, 7) is 0.182. The van der Waals surface area contributed by atoms with Gasteiger partial charge in [-0.3, -0.25) is 10.1 Å². The van der Waals surface area contributed by atoms with Gasteiger partial charge in [-0.05, 0) is 35.4 Å². The van der Waals surface area contributed by atoms with Gasteiger partial charge in [-0.15, -0.1) is 0 Å². The van der Waals surface area contributed by atoms with Crippen molar-refractivity contribution in [1.82, 2.24) is 0 Å². The van der Waals surface area contributed by atoms with Crippen LogP contribution in [0, 0.1) is 15.9 Å². The van der Waals surface area contributed by atoms with Crippen LogP contribution in [0.25, 0.3) is 6.08 Å². The van der Waals surface area contributed by atoms with E-state index in [-0.39, 0.29) is 12.4 Å². The topological polar surface area (TPSA) is 52.4 Å². The third-order valence-electron chi connectivity index (χ3n) is 2.63. The van der Waals surface area contributed by atoms with Gasteiger partial charge in [0, 0.05) is 6.08 Å². The number of nitro groups is 1. The fraction of sp³-hybridized carbons (Fsp3) is 0.0667. The SMILES string of the molecule is O=[N+]([O-])/C=C/c1ccc(OCc2cccc(F)c2)c(Cl)c1. The number of rotatable bonds is 5. The van der Waals surface area contributed by atoms with Gasteiger partial charge in [-0.25, -0.2) is 4.39 Å². The quantitative estimate of drug-likeness (QED) is 0.611. The number of nitrogens with zero attached hydrogens (tertiary/aromatic N) is 1. The molecule has 0 aromatic heterocycles. The predicted molar refractivity (Wildman–Crippen MR) is 78.2 cm³/mol. The summed E-state index contributed by atoms with van der Waals surface area (Å²) >= 11 is 6.04. The maximum absolute atomic E-state index is 13.0. The zero-order valence-corrected chi connectivity index (χ0v) is 11.6. The molecule has 0 spiro atoms. The lowest BCUT2D eigenvalue weighted by molar-refractivity contribution is -0.400. The Labute approximate surface area is 125 Å². The van der Waals surface area contributed by atoms with Crippen molar-refractivity contribution in [1.29, 1.82) is 0 Å². The Morgan fingerprint density at radius 2 is 2.10 bits per heavy atom. The lowest BCUT2D eigenvalue weighted by Crippen LogP contribution is -1.96. The molecule has 0 aliphatic heterocycles. The Hall–Kier alpha value is -2.40. The lowest BCUT2D eigenvalue weighted by atomic mass is 10.2. The molecule has 0 saturated carbocycles. The van der Waals surface area contributed by atoms with Crippen molar-refractivity contribution in [2.75, 3.05) is 0 Å². The molecule has 0 saturated heterocycles. The summed E-state index contributed by atoms with van der Waals surface area (Å²) in [6.07, 6.45) is 2.17. The maximum Gasteiger partial charge on any atom is 0.235 e. The number of hydrogen-bond acceptors (Lipinski definition) is 3. The summed E-state index contributed by atoms with van der Waals surface area (Å²) in [4.78, 5) is 9.69. The minimum absolute atomic E-state index is 0.182. The fourth-order valence-corrected chi connectivity index (χ4v) is 1.92. The van der Waals surface area contributed by atoms with Gasteiger partial charge < -0.3 is 4.74 Å². The van der Waals surface area contributed by atoms with Crippen LogP contribution in [0.1, 0.15) is 11.1 Å². The third kappa shape index (κ3) is 4.57. The summed E-state index contributed by atoms with van der Waals surface area (Å²) in [6, 6.07) is 10.9. The highest BCUT2D eigenvalue weighted by molar-refractivity contribution is 6.32. The van der Waals surface area contributed by atoms with Gasteiger partial charge >= 0.3 is 0 Å². The Morgan fingerprint density at radius 3 is 2.76 bits per heavy atom. The second kappa shape index (κ2) is 6.85. The monoisotopic (exact) mass is 307 g/mol. The molecule has 0 aliphatic carbocycles. The Bertz CT molecular complexity index is 688. The van der Waals surface area contributed by atoms with E-state index in [1.54, 1.807) is 30.3 Å². The standard InChI is InChI=1S/C15H11ClFNO3/c16-14-9-11(6-7-18(19)20)4-5-15(14)21-10-12-2-1-3-13(17)8-12/h1-9H,10H2/b7-6+. The first-order valence-corrected chi connectivity index (χ1v) is 6.41. The van der Waals surface area contributed by atoms with Gasteiger partial charge in [0.2, 0.25) is 6.20 Å². The molecule has 0 aliphatic rings. The fourth-order valence-electron chi connectivity index (χ4n) is 1.67. The van der Waals surface area contributed by atoms with Gasteiger partial charge in [0.05, 0.1) is 9.95 Å². The number of hydrogen-bond donors (Lipinski definition) is 0. The molecule has 6 heteroatoms. The smallest absolute Gasteiger partial charge is 0.235 e. The Kier molecular flexibility index (Phi) is 4.90. The first-order chi connectivity index (χ1) is 10.0. The number of halogens is 2. The second-order valence-corrected chi connectivity index (χ2v) is 4.62. The van der Waals surface area contributed by atoms with Crippen LogP contribution in [-0.2, 0) is 6.61 Å². The molecule has 2 rings (SSSR count). The van der Waals surface area contributed by atoms with Gasteiger partial charge in [0.25, 0.3) is 0 Å². The van der Waals surface area contributed by atoms with Gasteiger partial charge in [0.1, 0.15) is 18.2 Å².